The minimum Gasteiger partial charge on any atom is -0.378 e. The molecule has 0 heterocycles. The molecule has 0 spiro atoms. The van der Waals surface area contributed by atoms with Crippen LogP contribution in [0.1, 0.15) is 25.7 Å². The Labute approximate surface area is 61.6 Å². The van der Waals surface area contributed by atoms with Crippen LogP contribution in [0, 0.1) is 12.0 Å². The Kier molecular flexibility index (Phi) is 2.18. The van der Waals surface area contributed by atoms with Gasteiger partial charge in [0.15, 0.2) is 0 Å². The Morgan fingerprint density at radius 3 is 2.50 bits per heavy atom. The fraction of sp³-hybridized carbons (Fsp3) is 0.750. The first-order chi connectivity index (χ1) is 4.77. The molecular weight excluding hydrogens is 126 g/mol. The third-order valence-corrected chi connectivity index (χ3v) is 1.85. The highest BCUT2D eigenvalue weighted by atomic mass is 16.3. The molecule has 10 heavy (non-hydrogen) atoms. The zero-order chi connectivity index (χ0) is 7.45. The second kappa shape index (κ2) is 2.94. The van der Waals surface area contributed by atoms with Crippen LogP contribution in [0.25, 0.3) is 0 Å². The van der Waals surface area contributed by atoms with Crippen LogP contribution in [-0.2, 0) is 0 Å². The molecule has 0 aromatic carbocycles. The molecule has 1 saturated carbocycles. The molecular formula is C8H13NO. The van der Waals surface area contributed by atoms with Gasteiger partial charge < -0.3 is 10.4 Å². The lowest BCUT2D eigenvalue weighted by molar-refractivity contribution is 0.110. The number of rotatable bonds is 0. The molecule has 56 valence electrons. The Morgan fingerprint density at radius 2 is 2.00 bits per heavy atom. The molecule has 1 fully saturated rings. The van der Waals surface area contributed by atoms with E-state index < -0.39 is 5.60 Å². The number of nitrogens with one attached hydrogen (secondary N) is 1. The summed E-state index contributed by atoms with van der Waals surface area (Å²) >= 11 is 0. The van der Waals surface area contributed by atoms with E-state index in [9.17, 15) is 5.11 Å². The predicted molar refractivity (Wildman–Crippen MR) is 40.3 cm³/mol. The first-order valence-electron chi connectivity index (χ1n) is 3.68. The van der Waals surface area contributed by atoms with Crippen molar-refractivity contribution >= 4 is 0 Å². The van der Waals surface area contributed by atoms with Gasteiger partial charge in [0.2, 0.25) is 0 Å². The van der Waals surface area contributed by atoms with Crippen LogP contribution < -0.4 is 5.32 Å². The van der Waals surface area contributed by atoms with E-state index in [1.165, 1.54) is 0 Å². The number of aliphatic hydroxyl groups is 1. The zero-order valence-corrected chi connectivity index (χ0v) is 6.28. The van der Waals surface area contributed by atoms with E-state index in [2.05, 4.69) is 17.3 Å². The molecule has 1 aliphatic carbocycles. The van der Waals surface area contributed by atoms with Gasteiger partial charge in [-0.1, -0.05) is 0 Å². The molecule has 0 aromatic heterocycles. The molecule has 2 nitrogen and oxygen atoms in total. The van der Waals surface area contributed by atoms with Crippen LogP contribution in [0.3, 0.4) is 0 Å². The van der Waals surface area contributed by atoms with E-state index in [1.54, 1.807) is 7.05 Å². The van der Waals surface area contributed by atoms with Crippen molar-refractivity contribution < 1.29 is 5.11 Å². The van der Waals surface area contributed by atoms with Gasteiger partial charge in [0.1, 0.15) is 5.60 Å². The second-order valence-electron chi connectivity index (χ2n) is 2.74. The van der Waals surface area contributed by atoms with Gasteiger partial charge in [-0.2, -0.15) is 0 Å². The standard InChI is InChI=1S/C8H13NO/c1-9-7-6-8(10)4-2-3-5-8/h9-10H,2-5H2,1H3. The monoisotopic (exact) mass is 139 g/mol. The summed E-state index contributed by atoms with van der Waals surface area (Å²) in [4.78, 5) is 0. The van der Waals surface area contributed by atoms with Crippen LogP contribution in [-0.4, -0.2) is 17.8 Å². The van der Waals surface area contributed by atoms with Crippen molar-refractivity contribution in [3.8, 4) is 12.0 Å². The van der Waals surface area contributed by atoms with E-state index in [4.69, 9.17) is 0 Å². The Hall–Kier alpha value is -0.680. The maximum atomic E-state index is 9.61. The molecule has 1 aliphatic rings. The third-order valence-electron chi connectivity index (χ3n) is 1.85. The van der Waals surface area contributed by atoms with Crippen LogP contribution in [0.2, 0.25) is 0 Å². The highest BCUT2D eigenvalue weighted by Crippen LogP contribution is 2.28. The summed E-state index contributed by atoms with van der Waals surface area (Å²) in [7, 11) is 1.76. The minimum atomic E-state index is -0.678. The quantitative estimate of drug-likeness (QED) is 0.378. The Balaban J connectivity index is 2.51. The number of hydrogen-bond donors (Lipinski definition) is 2. The molecule has 2 N–H and O–H groups in total. The summed E-state index contributed by atoms with van der Waals surface area (Å²) < 4.78 is 0. The van der Waals surface area contributed by atoms with E-state index >= 15 is 0 Å². The maximum absolute atomic E-state index is 9.61. The molecule has 1 rings (SSSR count). The molecule has 0 amide bonds. The van der Waals surface area contributed by atoms with Gasteiger partial charge in [-0.05, 0) is 31.6 Å². The molecule has 0 bridgehead atoms. The highest BCUT2D eigenvalue weighted by Gasteiger charge is 2.28. The van der Waals surface area contributed by atoms with Crippen LogP contribution >= 0.6 is 0 Å². The second-order valence-corrected chi connectivity index (χ2v) is 2.74. The van der Waals surface area contributed by atoms with Gasteiger partial charge in [-0.15, -0.1) is 0 Å². The van der Waals surface area contributed by atoms with Crippen molar-refractivity contribution in [3.05, 3.63) is 0 Å². The van der Waals surface area contributed by atoms with E-state index in [-0.39, 0.29) is 0 Å². The highest BCUT2D eigenvalue weighted by molar-refractivity contribution is 5.14. The molecule has 0 radical (unpaired) electrons. The third kappa shape index (κ3) is 1.65. The fourth-order valence-corrected chi connectivity index (χ4v) is 1.26. The molecule has 0 unspecified atom stereocenters. The topological polar surface area (TPSA) is 32.3 Å². The van der Waals surface area contributed by atoms with Crippen molar-refractivity contribution in [2.45, 2.75) is 31.3 Å². The van der Waals surface area contributed by atoms with Crippen molar-refractivity contribution in [2.75, 3.05) is 7.05 Å². The molecule has 0 aromatic rings. The first kappa shape index (κ1) is 7.43. The molecule has 0 atom stereocenters. The lowest BCUT2D eigenvalue weighted by Gasteiger charge is -2.12. The summed E-state index contributed by atoms with van der Waals surface area (Å²) in [5.74, 6) is 2.80. The van der Waals surface area contributed by atoms with Gasteiger partial charge in [0, 0.05) is 13.1 Å². The lowest BCUT2D eigenvalue weighted by Crippen LogP contribution is -2.21. The smallest absolute Gasteiger partial charge is 0.127 e. The predicted octanol–water partition coefficient (Wildman–Crippen LogP) is 0.472. The molecule has 2 heteroatoms. The summed E-state index contributed by atoms with van der Waals surface area (Å²) in [6.45, 7) is 0. The summed E-state index contributed by atoms with van der Waals surface area (Å²) in [6, 6.07) is 2.68. The first-order valence-corrected chi connectivity index (χ1v) is 3.68. The SMILES string of the molecule is CNC#CC1(O)CCCC1. The van der Waals surface area contributed by atoms with E-state index in [0.29, 0.717) is 0 Å². The van der Waals surface area contributed by atoms with Gasteiger partial charge in [-0.25, -0.2) is 0 Å². The van der Waals surface area contributed by atoms with Crippen molar-refractivity contribution in [1.82, 2.24) is 5.32 Å². The summed E-state index contributed by atoms with van der Waals surface area (Å²) in [5, 5.41) is 12.3. The normalized spacial score (nSPS) is 21.4. The molecule has 0 saturated heterocycles. The fourth-order valence-electron chi connectivity index (χ4n) is 1.26. The summed E-state index contributed by atoms with van der Waals surface area (Å²) in [6.07, 6.45) is 3.88. The molecule has 0 aliphatic heterocycles. The van der Waals surface area contributed by atoms with Crippen LogP contribution in [0.5, 0.6) is 0 Å². The number of hydrogen-bond acceptors (Lipinski definition) is 2. The van der Waals surface area contributed by atoms with E-state index in [1.807, 2.05) is 0 Å². The van der Waals surface area contributed by atoms with Crippen molar-refractivity contribution in [3.63, 3.8) is 0 Å². The van der Waals surface area contributed by atoms with Crippen LogP contribution in [0.4, 0.5) is 0 Å². The van der Waals surface area contributed by atoms with E-state index in [0.717, 1.165) is 25.7 Å². The Bertz CT molecular complexity index is 160. The van der Waals surface area contributed by atoms with Gasteiger partial charge in [-0.3, -0.25) is 0 Å². The van der Waals surface area contributed by atoms with Gasteiger partial charge in [0.25, 0.3) is 0 Å². The van der Waals surface area contributed by atoms with Gasteiger partial charge >= 0.3 is 0 Å². The zero-order valence-electron chi connectivity index (χ0n) is 6.28. The van der Waals surface area contributed by atoms with Gasteiger partial charge in [0.05, 0.1) is 0 Å². The largest absolute Gasteiger partial charge is 0.378 e. The minimum absolute atomic E-state index is 0.678. The maximum Gasteiger partial charge on any atom is 0.127 e. The lowest BCUT2D eigenvalue weighted by atomic mass is 10.0. The van der Waals surface area contributed by atoms with Crippen molar-refractivity contribution in [1.29, 1.82) is 0 Å². The van der Waals surface area contributed by atoms with Crippen LogP contribution in [0.15, 0.2) is 0 Å². The van der Waals surface area contributed by atoms with Crippen molar-refractivity contribution in [2.24, 2.45) is 0 Å². The average Bonchev–Trinajstić information content (AvgIpc) is 2.33. The summed E-state index contributed by atoms with van der Waals surface area (Å²) in [5.41, 5.74) is -0.678. The average molecular weight is 139 g/mol. The Morgan fingerprint density at radius 1 is 1.40 bits per heavy atom.